The van der Waals surface area contributed by atoms with E-state index in [2.05, 4.69) is 19.0 Å². The molecule has 2 aromatic rings. The molecule has 3 heterocycles. The summed E-state index contributed by atoms with van der Waals surface area (Å²) in [5, 5.41) is 4.33. The van der Waals surface area contributed by atoms with E-state index in [9.17, 15) is 4.79 Å². The molecule has 0 unspecified atom stereocenters. The minimum absolute atomic E-state index is 0.104. The van der Waals surface area contributed by atoms with Gasteiger partial charge in [0.15, 0.2) is 5.82 Å². The van der Waals surface area contributed by atoms with Crippen LogP contribution in [0.2, 0.25) is 0 Å². The van der Waals surface area contributed by atoms with Crippen molar-refractivity contribution in [1.29, 1.82) is 0 Å². The Hall–Kier alpha value is -2.11. The average molecular weight is 342 g/mol. The van der Waals surface area contributed by atoms with Crippen molar-refractivity contribution in [2.45, 2.75) is 44.9 Å². The summed E-state index contributed by atoms with van der Waals surface area (Å²) >= 11 is 0. The molecule has 6 nitrogen and oxygen atoms in total. The maximum Gasteiger partial charge on any atom is 0.270 e. The van der Waals surface area contributed by atoms with Crippen LogP contribution in [-0.2, 0) is 18.9 Å². The Morgan fingerprint density at radius 3 is 3.04 bits per heavy atom. The first-order valence-corrected chi connectivity index (χ1v) is 9.23. The minimum atomic E-state index is -0.125. The van der Waals surface area contributed by atoms with Crippen LogP contribution in [0.25, 0.3) is 0 Å². The zero-order valence-electron chi connectivity index (χ0n) is 15.2. The molecule has 2 aromatic heterocycles. The largest absolute Gasteiger partial charge is 0.347 e. The van der Waals surface area contributed by atoms with E-state index < -0.39 is 0 Å². The highest BCUT2D eigenvalue weighted by Gasteiger charge is 2.54. The standard InChI is InChI=1S/C19H26N4O2/c1-13(2)10-16-20-18(21-25-16)19-8-4-6-14(19)11-23(12-19)17(24)15-7-5-9-22(15)3/h5,7,9,13-14H,4,6,8,10-12H2,1-3H3/t14-,19-/m1/s1. The van der Waals surface area contributed by atoms with Crippen molar-refractivity contribution in [3.05, 3.63) is 35.7 Å². The zero-order valence-corrected chi connectivity index (χ0v) is 15.2. The fraction of sp³-hybridized carbons (Fsp3) is 0.632. The third-order valence-electron chi connectivity index (χ3n) is 5.82. The molecule has 1 saturated carbocycles. The Bertz CT molecular complexity index is 778. The molecule has 0 aromatic carbocycles. The van der Waals surface area contributed by atoms with E-state index in [1.807, 2.05) is 34.8 Å². The van der Waals surface area contributed by atoms with E-state index >= 15 is 0 Å². The molecule has 0 spiro atoms. The Kier molecular flexibility index (Phi) is 3.93. The monoisotopic (exact) mass is 342 g/mol. The van der Waals surface area contributed by atoms with E-state index in [1.54, 1.807) is 0 Å². The SMILES string of the molecule is CC(C)Cc1nc([C@@]23CCC[C@@H]2CN(C(=O)c2cccn2C)C3)no1. The van der Waals surface area contributed by atoms with Gasteiger partial charge in [0.1, 0.15) is 5.69 Å². The van der Waals surface area contributed by atoms with Crippen LogP contribution in [0.3, 0.4) is 0 Å². The fourth-order valence-corrected chi connectivity index (χ4v) is 4.54. The highest BCUT2D eigenvalue weighted by molar-refractivity contribution is 5.93. The van der Waals surface area contributed by atoms with Gasteiger partial charge in [0.2, 0.25) is 5.89 Å². The van der Waals surface area contributed by atoms with Crippen molar-refractivity contribution in [1.82, 2.24) is 19.6 Å². The third-order valence-corrected chi connectivity index (χ3v) is 5.82. The van der Waals surface area contributed by atoms with Crippen LogP contribution in [0.4, 0.5) is 0 Å². The molecule has 134 valence electrons. The lowest BCUT2D eigenvalue weighted by atomic mass is 9.80. The van der Waals surface area contributed by atoms with Crippen molar-refractivity contribution in [2.24, 2.45) is 18.9 Å². The zero-order chi connectivity index (χ0) is 17.6. The van der Waals surface area contributed by atoms with Crippen LogP contribution >= 0.6 is 0 Å². The maximum atomic E-state index is 12.9. The Morgan fingerprint density at radius 1 is 1.48 bits per heavy atom. The van der Waals surface area contributed by atoms with Crippen molar-refractivity contribution in [3.63, 3.8) is 0 Å². The summed E-state index contributed by atoms with van der Waals surface area (Å²) in [7, 11) is 1.91. The number of likely N-dealkylation sites (tertiary alicyclic amines) is 1. The Labute approximate surface area is 148 Å². The summed E-state index contributed by atoms with van der Waals surface area (Å²) in [4.78, 5) is 19.6. The van der Waals surface area contributed by atoms with Gasteiger partial charge in [-0.3, -0.25) is 4.79 Å². The number of amides is 1. The van der Waals surface area contributed by atoms with Gasteiger partial charge in [-0.2, -0.15) is 4.98 Å². The smallest absolute Gasteiger partial charge is 0.270 e. The van der Waals surface area contributed by atoms with Gasteiger partial charge in [-0.05, 0) is 36.8 Å². The fourth-order valence-electron chi connectivity index (χ4n) is 4.54. The van der Waals surface area contributed by atoms with Crippen molar-refractivity contribution >= 4 is 5.91 Å². The molecule has 2 fully saturated rings. The molecule has 25 heavy (non-hydrogen) atoms. The number of rotatable bonds is 4. The van der Waals surface area contributed by atoms with Crippen LogP contribution < -0.4 is 0 Å². The molecule has 6 heteroatoms. The quantitative estimate of drug-likeness (QED) is 0.857. The summed E-state index contributed by atoms with van der Waals surface area (Å²) < 4.78 is 7.40. The van der Waals surface area contributed by atoms with E-state index in [0.29, 0.717) is 18.4 Å². The lowest BCUT2D eigenvalue weighted by molar-refractivity contribution is 0.0767. The average Bonchev–Trinajstić information content (AvgIpc) is 3.27. The second kappa shape index (κ2) is 6.00. The van der Waals surface area contributed by atoms with Gasteiger partial charge in [0, 0.05) is 32.8 Å². The molecule has 1 amide bonds. The summed E-state index contributed by atoms with van der Waals surface area (Å²) in [5.74, 6) is 2.56. The number of fused-ring (bicyclic) bond motifs is 1. The molecule has 1 aliphatic heterocycles. The van der Waals surface area contributed by atoms with E-state index in [4.69, 9.17) is 9.51 Å². The molecule has 0 bridgehead atoms. The molecule has 4 rings (SSSR count). The van der Waals surface area contributed by atoms with E-state index in [-0.39, 0.29) is 11.3 Å². The van der Waals surface area contributed by atoms with Crippen LogP contribution in [0.1, 0.15) is 55.3 Å². The normalized spacial score (nSPS) is 25.8. The van der Waals surface area contributed by atoms with Crippen molar-refractivity contribution in [2.75, 3.05) is 13.1 Å². The lowest BCUT2D eigenvalue weighted by Crippen LogP contribution is -2.36. The van der Waals surface area contributed by atoms with Gasteiger partial charge in [-0.15, -0.1) is 0 Å². The van der Waals surface area contributed by atoms with Crippen LogP contribution in [-0.4, -0.2) is 38.6 Å². The number of nitrogens with zero attached hydrogens (tertiary/aromatic N) is 4. The van der Waals surface area contributed by atoms with Gasteiger partial charge in [0.25, 0.3) is 5.91 Å². The lowest BCUT2D eigenvalue weighted by Gasteiger charge is -2.24. The first-order chi connectivity index (χ1) is 12.0. The number of aromatic nitrogens is 3. The highest BCUT2D eigenvalue weighted by Crippen LogP contribution is 2.49. The number of hydrogen-bond donors (Lipinski definition) is 0. The summed E-state index contributed by atoms with van der Waals surface area (Å²) in [6.07, 6.45) is 6.06. The van der Waals surface area contributed by atoms with Gasteiger partial charge in [0.05, 0.1) is 5.41 Å². The number of hydrogen-bond acceptors (Lipinski definition) is 4. The Morgan fingerprint density at radius 2 is 2.32 bits per heavy atom. The molecular formula is C19H26N4O2. The molecule has 1 saturated heterocycles. The first kappa shape index (κ1) is 16.4. The van der Waals surface area contributed by atoms with E-state index in [0.717, 1.165) is 43.2 Å². The van der Waals surface area contributed by atoms with Crippen LogP contribution in [0.15, 0.2) is 22.9 Å². The number of aryl methyl sites for hydroxylation is 1. The van der Waals surface area contributed by atoms with Crippen LogP contribution in [0, 0.1) is 11.8 Å². The number of carbonyl (C=O) groups excluding carboxylic acids is 1. The Balaban J connectivity index is 1.59. The van der Waals surface area contributed by atoms with Crippen molar-refractivity contribution < 1.29 is 9.32 Å². The molecule has 2 aliphatic rings. The van der Waals surface area contributed by atoms with Gasteiger partial charge in [-0.1, -0.05) is 25.4 Å². The predicted octanol–water partition coefficient (Wildman–Crippen LogP) is 2.80. The first-order valence-electron chi connectivity index (χ1n) is 9.23. The molecule has 0 N–H and O–H groups in total. The maximum absolute atomic E-state index is 12.9. The summed E-state index contributed by atoms with van der Waals surface area (Å²) in [5.41, 5.74) is 0.614. The molecule has 1 aliphatic carbocycles. The van der Waals surface area contributed by atoms with Gasteiger partial charge >= 0.3 is 0 Å². The second-order valence-corrected chi connectivity index (χ2v) is 8.04. The third kappa shape index (κ3) is 2.68. The topological polar surface area (TPSA) is 64.2 Å². The predicted molar refractivity (Wildman–Crippen MR) is 93.2 cm³/mol. The molecule has 2 atom stereocenters. The van der Waals surface area contributed by atoms with Gasteiger partial charge < -0.3 is 14.0 Å². The highest BCUT2D eigenvalue weighted by atomic mass is 16.5. The van der Waals surface area contributed by atoms with Crippen molar-refractivity contribution in [3.8, 4) is 0 Å². The molecular weight excluding hydrogens is 316 g/mol. The number of carbonyl (C=O) groups is 1. The minimum Gasteiger partial charge on any atom is -0.347 e. The summed E-state index contributed by atoms with van der Waals surface area (Å²) in [6, 6.07) is 3.80. The van der Waals surface area contributed by atoms with Crippen LogP contribution in [0.5, 0.6) is 0 Å². The second-order valence-electron chi connectivity index (χ2n) is 8.04. The van der Waals surface area contributed by atoms with E-state index in [1.165, 1.54) is 6.42 Å². The summed E-state index contributed by atoms with van der Waals surface area (Å²) in [6.45, 7) is 5.78. The molecule has 0 radical (unpaired) electrons. The van der Waals surface area contributed by atoms with Gasteiger partial charge in [-0.25, -0.2) is 0 Å².